The summed E-state index contributed by atoms with van der Waals surface area (Å²) in [5.74, 6) is -0.440. The minimum absolute atomic E-state index is 0.0320. The number of rotatable bonds is 7. The van der Waals surface area contributed by atoms with Crippen molar-refractivity contribution in [3.05, 3.63) is 59.7 Å². The van der Waals surface area contributed by atoms with Gasteiger partial charge in [-0.2, -0.15) is 0 Å². The van der Waals surface area contributed by atoms with E-state index in [1.807, 2.05) is 55.5 Å². The normalized spacial score (nSPS) is 13.0. The van der Waals surface area contributed by atoms with E-state index in [4.69, 9.17) is 4.74 Å². The molecule has 152 valence electrons. The summed E-state index contributed by atoms with van der Waals surface area (Å²) in [4.78, 5) is 40.7. The molecule has 0 fully saturated rings. The third-order valence-corrected chi connectivity index (χ3v) is 5.72. The Balaban J connectivity index is 1.45. The van der Waals surface area contributed by atoms with Crippen molar-refractivity contribution in [2.24, 2.45) is 0 Å². The molecule has 1 heterocycles. The van der Waals surface area contributed by atoms with Gasteiger partial charge in [-0.15, -0.1) is 11.8 Å². The van der Waals surface area contributed by atoms with Gasteiger partial charge in [0, 0.05) is 25.0 Å². The molecule has 0 aromatic heterocycles. The van der Waals surface area contributed by atoms with Gasteiger partial charge in [-0.1, -0.05) is 42.0 Å². The fraction of sp³-hybridized carbons (Fsp3) is 0.318. The molecule has 0 spiro atoms. The molecule has 0 N–H and O–H groups in total. The number of likely N-dealkylation sites (N-methyl/N-ethyl adjacent to an activating group) is 1. The van der Waals surface area contributed by atoms with Crippen molar-refractivity contribution in [2.75, 3.05) is 30.9 Å². The Bertz CT molecular complexity index is 898. The van der Waals surface area contributed by atoms with Crippen LogP contribution in [0.5, 0.6) is 0 Å². The van der Waals surface area contributed by atoms with Gasteiger partial charge in [-0.25, -0.2) is 0 Å². The summed E-state index contributed by atoms with van der Waals surface area (Å²) in [7, 11) is 1.68. The Morgan fingerprint density at radius 1 is 1.14 bits per heavy atom. The molecule has 2 aromatic rings. The first-order valence-electron chi connectivity index (χ1n) is 9.41. The number of anilines is 1. The fourth-order valence-electron chi connectivity index (χ4n) is 2.98. The van der Waals surface area contributed by atoms with Gasteiger partial charge in [-0.05, 0) is 24.6 Å². The van der Waals surface area contributed by atoms with Crippen LogP contribution in [0.4, 0.5) is 5.69 Å². The van der Waals surface area contributed by atoms with Gasteiger partial charge in [0.2, 0.25) is 5.91 Å². The van der Waals surface area contributed by atoms with Crippen LogP contribution in [0.3, 0.4) is 0 Å². The maximum absolute atomic E-state index is 12.2. The van der Waals surface area contributed by atoms with Gasteiger partial charge in [-0.3, -0.25) is 14.4 Å². The third-order valence-electron chi connectivity index (χ3n) is 4.67. The Hall–Kier alpha value is -2.80. The van der Waals surface area contributed by atoms with E-state index in [0.717, 1.165) is 21.7 Å². The lowest BCUT2D eigenvalue weighted by atomic mass is 10.1. The Morgan fingerprint density at radius 3 is 2.62 bits per heavy atom. The number of esters is 1. The molecule has 0 bridgehead atoms. The lowest BCUT2D eigenvalue weighted by Gasteiger charge is -2.28. The summed E-state index contributed by atoms with van der Waals surface area (Å²) in [6.07, 6.45) is 0.0414. The number of hydrogen-bond acceptors (Lipinski definition) is 5. The van der Waals surface area contributed by atoms with Crippen LogP contribution in [0.15, 0.2) is 53.4 Å². The molecule has 0 unspecified atom stereocenters. The number of nitrogens with zero attached hydrogens (tertiary/aromatic N) is 2. The minimum Gasteiger partial charge on any atom is -0.456 e. The van der Waals surface area contributed by atoms with Crippen LogP contribution in [0.25, 0.3) is 0 Å². The number of fused-ring (bicyclic) bond motifs is 1. The van der Waals surface area contributed by atoms with Gasteiger partial charge in [0.25, 0.3) is 5.91 Å². The van der Waals surface area contributed by atoms with Crippen LogP contribution < -0.4 is 4.90 Å². The lowest BCUT2D eigenvalue weighted by molar-refractivity contribution is -0.151. The molecule has 2 aromatic carbocycles. The summed E-state index contributed by atoms with van der Waals surface area (Å²) in [5.41, 5.74) is 2.98. The van der Waals surface area contributed by atoms with Gasteiger partial charge in [0.1, 0.15) is 0 Å². The molecule has 1 aliphatic heterocycles. The standard InChI is InChI=1S/C22H24N2O4S/c1-16-7-9-17(10-8-16)13-23(2)20(25)14-28-22(27)11-12-24-18-5-3-4-6-19(18)29-15-21(24)26/h3-10H,11-15H2,1-2H3. The van der Waals surface area contributed by atoms with Crippen molar-refractivity contribution in [2.45, 2.75) is 24.8 Å². The average molecular weight is 413 g/mol. The van der Waals surface area contributed by atoms with Crippen molar-refractivity contribution < 1.29 is 19.1 Å². The van der Waals surface area contributed by atoms with Crippen LogP contribution in [0.1, 0.15) is 17.5 Å². The quantitative estimate of drug-likeness (QED) is 0.654. The number of hydrogen-bond donors (Lipinski definition) is 0. The molecule has 7 heteroatoms. The van der Waals surface area contributed by atoms with E-state index >= 15 is 0 Å². The number of ether oxygens (including phenoxy) is 1. The molecular formula is C22H24N2O4S. The number of carbonyl (C=O) groups excluding carboxylic acids is 3. The summed E-state index contributed by atoms with van der Waals surface area (Å²) < 4.78 is 5.12. The Labute approximate surface area is 174 Å². The van der Waals surface area contributed by atoms with Crippen LogP contribution >= 0.6 is 11.8 Å². The van der Waals surface area contributed by atoms with E-state index in [1.165, 1.54) is 16.7 Å². The molecule has 3 rings (SSSR count). The highest BCUT2D eigenvalue weighted by molar-refractivity contribution is 8.00. The number of aryl methyl sites for hydroxylation is 1. The topological polar surface area (TPSA) is 66.9 Å². The lowest BCUT2D eigenvalue weighted by Crippen LogP contribution is -2.37. The van der Waals surface area contributed by atoms with Crippen LogP contribution in [-0.2, 0) is 25.7 Å². The van der Waals surface area contributed by atoms with E-state index in [1.54, 1.807) is 11.9 Å². The maximum Gasteiger partial charge on any atom is 0.308 e. The number of benzene rings is 2. The minimum atomic E-state index is -0.495. The largest absolute Gasteiger partial charge is 0.456 e. The summed E-state index contributed by atoms with van der Waals surface area (Å²) in [5, 5.41) is 0. The average Bonchev–Trinajstić information content (AvgIpc) is 2.72. The Kier molecular flexibility index (Phi) is 6.93. The number of thioether (sulfide) groups is 1. The van der Waals surface area contributed by atoms with E-state index in [0.29, 0.717) is 12.3 Å². The maximum atomic E-state index is 12.2. The van der Waals surface area contributed by atoms with Crippen molar-refractivity contribution in [3.8, 4) is 0 Å². The zero-order valence-electron chi connectivity index (χ0n) is 16.6. The van der Waals surface area contributed by atoms with E-state index in [2.05, 4.69) is 0 Å². The van der Waals surface area contributed by atoms with E-state index < -0.39 is 5.97 Å². The summed E-state index contributed by atoms with van der Waals surface area (Å²) >= 11 is 1.50. The molecule has 0 atom stereocenters. The predicted molar refractivity (Wildman–Crippen MR) is 113 cm³/mol. The van der Waals surface area contributed by atoms with Crippen LogP contribution in [0.2, 0.25) is 0 Å². The van der Waals surface area contributed by atoms with Crippen molar-refractivity contribution in [1.82, 2.24) is 4.90 Å². The number of carbonyl (C=O) groups is 3. The molecule has 0 radical (unpaired) electrons. The zero-order valence-corrected chi connectivity index (χ0v) is 17.4. The van der Waals surface area contributed by atoms with Crippen LogP contribution in [-0.4, -0.2) is 48.6 Å². The fourth-order valence-corrected chi connectivity index (χ4v) is 3.92. The van der Waals surface area contributed by atoms with Crippen molar-refractivity contribution >= 4 is 35.2 Å². The second-order valence-corrected chi connectivity index (χ2v) is 7.97. The van der Waals surface area contributed by atoms with Crippen molar-refractivity contribution in [1.29, 1.82) is 0 Å². The van der Waals surface area contributed by atoms with Gasteiger partial charge in [0.15, 0.2) is 6.61 Å². The van der Waals surface area contributed by atoms with Crippen LogP contribution in [0, 0.1) is 6.92 Å². The SMILES string of the molecule is Cc1ccc(CN(C)C(=O)COC(=O)CCN2C(=O)CSc3ccccc32)cc1. The highest BCUT2D eigenvalue weighted by atomic mass is 32.2. The molecule has 29 heavy (non-hydrogen) atoms. The Morgan fingerprint density at radius 2 is 1.86 bits per heavy atom. The first-order valence-corrected chi connectivity index (χ1v) is 10.4. The van der Waals surface area contributed by atoms with Gasteiger partial charge >= 0.3 is 5.97 Å². The van der Waals surface area contributed by atoms with Crippen molar-refractivity contribution in [3.63, 3.8) is 0 Å². The van der Waals surface area contributed by atoms with Gasteiger partial charge in [0.05, 0.1) is 17.9 Å². The highest BCUT2D eigenvalue weighted by Crippen LogP contribution is 2.34. The van der Waals surface area contributed by atoms with Gasteiger partial charge < -0.3 is 14.5 Å². The third kappa shape index (κ3) is 5.60. The smallest absolute Gasteiger partial charge is 0.308 e. The first-order chi connectivity index (χ1) is 13.9. The zero-order chi connectivity index (χ0) is 20.8. The molecule has 6 nitrogen and oxygen atoms in total. The number of amides is 2. The summed E-state index contributed by atoms with van der Waals surface area (Å²) in [6, 6.07) is 15.5. The van der Waals surface area contributed by atoms with E-state index in [-0.39, 0.29) is 31.4 Å². The second kappa shape index (κ2) is 9.60. The van der Waals surface area contributed by atoms with E-state index in [9.17, 15) is 14.4 Å². The molecule has 0 saturated heterocycles. The molecule has 1 aliphatic rings. The first kappa shape index (κ1) is 20.9. The summed E-state index contributed by atoms with van der Waals surface area (Å²) in [6.45, 7) is 2.39. The molecular weight excluding hydrogens is 388 g/mol. The monoisotopic (exact) mass is 412 g/mol. The molecule has 2 amide bonds. The number of para-hydroxylation sites is 1. The highest BCUT2D eigenvalue weighted by Gasteiger charge is 2.25. The molecule has 0 saturated carbocycles. The predicted octanol–water partition coefficient (Wildman–Crippen LogP) is 3.03. The second-order valence-electron chi connectivity index (χ2n) is 6.95. The molecule has 0 aliphatic carbocycles.